The monoisotopic (exact) mass is 350 g/mol. The van der Waals surface area contributed by atoms with E-state index in [-0.39, 0.29) is 29.9 Å². The summed E-state index contributed by atoms with van der Waals surface area (Å²) in [5.74, 6) is 0.931. The standard InChI is InChI=1S/C15H11ClN2O6/c16-11-6-10(18(20)21)2-4-12(11)22-7-15(19)17-9-1-3-13-14(5-9)24-8-23-13/h1-6H,7-8H2,(H,17,19). The second-order valence-corrected chi connectivity index (χ2v) is 5.18. The number of benzene rings is 2. The molecule has 1 heterocycles. The van der Waals surface area contributed by atoms with Gasteiger partial charge in [0, 0.05) is 23.9 Å². The number of ether oxygens (including phenoxy) is 3. The maximum Gasteiger partial charge on any atom is 0.271 e. The van der Waals surface area contributed by atoms with Crippen LogP contribution in [-0.2, 0) is 4.79 Å². The average Bonchev–Trinajstić information content (AvgIpc) is 3.01. The molecule has 0 saturated heterocycles. The van der Waals surface area contributed by atoms with Gasteiger partial charge in [-0.15, -0.1) is 0 Å². The minimum absolute atomic E-state index is 0.0556. The lowest BCUT2D eigenvalue weighted by atomic mass is 10.3. The fraction of sp³-hybridized carbons (Fsp3) is 0.133. The minimum Gasteiger partial charge on any atom is -0.482 e. The summed E-state index contributed by atoms with van der Waals surface area (Å²) >= 11 is 5.89. The molecule has 2 aromatic carbocycles. The molecular formula is C15H11ClN2O6. The van der Waals surface area contributed by atoms with Crippen LogP contribution in [0, 0.1) is 10.1 Å². The van der Waals surface area contributed by atoms with Crippen molar-refractivity contribution in [2.24, 2.45) is 0 Å². The van der Waals surface area contributed by atoms with E-state index in [0.29, 0.717) is 17.2 Å². The Hall–Kier alpha value is -3.00. The molecule has 0 fully saturated rings. The van der Waals surface area contributed by atoms with Gasteiger partial charge in [0.2, 0.25) is 6.79 Å². The van der Waals surface area contributed by atoms with E-state index >= 15 is 0 Å². The summed E-state index contributed by atoms with van der Waals surface area (Å²) < 4.78 is 15.7. The first-order valence-electron chi connectivity index (χ1n) is 6.79. The molecule has 1 N–H and O–H groups in total. The molecule has 1 amide bonds. The summed E-state index contributed by atoms with van der Waals surface area (Å²) in [5.41, 5.74) is 0.375. The number of carbonyl (C=O) groups excluding carboxylic acids is 1. The summed E-state index contributed by atoms with van der Waals surface area (Å²) in [6, 6.07) is 8.74. The first-order chi connectivity index (χ1) is 11.5. The zero-order chi connectivity index (χ0) is 17.1. The van der Waals surface area contributed by atoms with Gasteiger partial charge in [0.25, 0.3) is 11.6 Å². The van der Waals surface area contributed by atoms with Crippen molar-refractivity contribution in [2.75, 3.05) is 18.7 Å². The second kappa shape index (κ2) is 6.63. The van der Waals surface area contributed by atoms with Gasteiger partial charge in [0.1, 0.15) is 5.75 Å². The van der Waals surface area contributed by atoms with Crippen LogP contribution in [0.4, 0.5) is 11.4 Å². The minimum atomic E-state index is -0.567. The van der Waals surface area contributed by atoms with E-state index in [2.05, 4.69) is 5.32 Å². The van der Waals surface area contributed by atoms with Crippen molar-refractivity contribution >= 4 is 28.9 Å². The number of halogens is 1. The highest BCUT2D eigenvalue weighted by molar-refractivity contribution is 6.32. The Morgan fingerprint density at radius 2 is 2.04 bits per heavy atom. The highest BCUT2D eigenvalue weighted by Gasteiger charge is 2.15. The predicted molar refractivity (Wildman–Crippen MR) is 84.8 cm³/mol. The molecule has 0 unspecified atom stereocenters. The zero-order valence-electron chi connectivity index (χ0n) is 12.2. The van der Waals surface area contributed by atoms with E-state index in [1.807, 2.05) is 0 Å². The molecule has 0 radical (unpaired) electrons. The van der Waals surface area contributed by atoms with E-state index < -0.39 is 10.8 Å². The molecule has 0 saturated carbocycles. The van der Waals surface area contributed by atoms with Gasteiger partial charge in [0.15, 0.2) is 18.1 Å². The van der Waals surface area contributed by atoms with Crippen molar-refractivity contribution in [3.63, 3.8) is 0 Å². The van der Waals surface area contributed by atoms with Gasteiger partial charge >= 0.3 is 0 Å². The molecule has 0 atom stereocenters. The summed E-state index contributed by atoms with van der Waals surface area (Å²) in [6.07, 6.45) is 0. The van der Waals surface area contributed by atoms with Crippen LogP contribution in [0.25, 0.3) is 0 Å². The lowest BCUT2D eigenvalue weighted by molar-refractivity contribution is -0.384. The number of nitrogens with one attached hydrogen (secondary N) is 1. The third-order valence-electron chi connectivity index (χ3n) is 3.14. The molecule has 0 aliphatic carbocycles. The van der Waals surface area contributed by atoms with Crippen LogP contribution in [0.2, 0.25) is 5.02 Å². The van der Waals surface area contributed by atoms with E-state index in [9.17, 15) is 14.9 Å². The molecule has 1 aliphatic heterocycles. The van der Waals surface area contributed by atoms with Crippen LogP contribution in [0.5, 0.6) is 17.2 Å². The Labute approximate surface area is 141 Å². The van der Waals surface area contributed by atoms with Crippen molar-refractivity contribution in [3.05, 3.63) is 51.5 Å². The molecule has 9 heteroatoms. The summed E-state index contributed by atoms with van der Waals surface area (Å²) in [4.78, 5) is 22.0. The van der Waals surface area contributed by atoms with Gasteiger partial charge in [-0.2, -0.15) is 0 Å². The van der Waals surface area contributed by atoms with E-state index in [1.54, 1.807) is 18.2 Å². The maximum atomic E-state index is 11.9. The fourth-order valence-electron chi connectivity index (χ4n) is 2.04. The Morgan fingerprint density at radius 1 is 1.25 bits per heavy atom. The summed E-state index contributed by atoms with van der Waals surface area (Å²) in [7, 11) is 0. The number of fused-ring (bicyclic) bond motifs is 1. The number of nitro groups is 1. The molecule has 2 aromatic rings. The van der Waals surface area contributed by atoms with Crippen LogP contribution in [0.3, 0.4) is 0 Å². The number of rotatable bonds is 5. The number of non-ortho nitro benzene ring substituents is 1. The first-order valence-corrected chi connectivity index (χ1v) is 7.17. The van der Waals surface area contributed by atoms with E-state index in [4.69, 9.17) is 25.8 Å². The SMILES string of the molecule is O=C(COc1ccc([N+](=O)[O-])cc1Cl)Nc1ccc2c(c1)OCO2. The van der Waals surface area contributed by atoms with Gasteiger partial charge in [-0.25, -0.2) is 0 Å². The Bertz CT molecular complexity index is 811. The molecule has 0 aromatic heterocycles. The highest BCUT2D eigenvalue weighted by atomic mass is 35.5. The number of amides is 1. The number of nitro benzene ring substituents is 1. The van der Waals surface area contributed by atoms with Crippen molar-refractivity contribution in [1.29, 1.82) is 0 Å². The van der Waals surface area contributed by atoms with Crippen LogP contribution in [-0.4, -0.2) is 24.2 Å². The van der Waals surface area contributed by atoms with Crippen molar-refractivity contribution < 1.29 is 23.9 Å². The third kappa shape index (κ3) is 3.49. The van der Waals surface area contributed by atoms with Gasteiger partial charge in [-0.3, -0.25) is 14.9 Å². The van der Waals surface area contributed by atoms with Crippen LogP contribution in [0.1, 0.15) is 0 Å². The van der Waals surface area contributed by atoms with Crippen LogP contribution >= 0.6 is 11.6 Å². The van der Waals surface area contributed by atoms with E-state index in [0.717, 1.165) is 6.07 Å². The molecule has 0 spiro atoms. The zero-order valence-corrected chi connectivity index (χ0v) is 12.9. The number of nitrogens with zero attached hydrogens (tertiary/aromatic N) is 1. The van der Waals surface area contributed by atoms with Gasteiger partial charge in [-0.05, 0) is 18.2 Å². The Morgan fingerprint density at radius 3 is 2.79 bits per heavy atom. The average molecular weight is 351 g/mol. The predicted octanol–water partition coefficient (Wildman–Crippen LogP) is 2.99. The Kier molecular flexibility index (Phi) is 4.39. The normalized spacial score (nSPS) is 11.9. The second-order valence-electron chi connectivity index (χ2n) is 4.78. The lowest BCUT2D eigenvalue weighted by Crippen LogP contribution is -2.20. The number of carbonyl (C=O) groups is 1. The van der Waals surface area contributed by atoms with Crippen LogP contribution in [0.15, 0.2) is 36.4 Å². The molecule has 8 nitrogen and oxygen atoms in total. The van der Waals surface area contributed by atoms with Gasteiger partial charge < -0.3 is 19.5 Å². The molecule has 124 valence electrons. The smallest absolute Gasteiger partial charge is 0.271 e. The topological polar surface area (TPSA) is 99.9 Å². The molecule has 3 rings (SSSR count). The fourth-order valence-corrected chi connectivity index (χ4v) is 2.26. The van der Waals surface area contributed by atoms with Gasteiger partial charge in [-0.1, -0.05) is 11.6 Å². The molecule has 24 heavy (non-hydrogen) atoms. The lowest BCUT2D eigenvalue weighted by Gasteiger charge is -2.09. The highest BCUT2D eigenvalue weighted by Crippen LogP contribution is 2.34. The number of anilines is 1. The third-order valence-corrected chi connectivity index (χ3v) is 3.44. The van der Waals surface area contributed by atoms with Crippen molar-refractivity contribution in [1.82, 2.24) is 0 Å². The maximum absolute atomic E-state index is 11.9. The largest absolute Gasteiger partial charge is 0.482 e. The van der Waals surface area contributed by atoms with Crippen molar-refractivity contribution in [2.45, 2.75) is 0 Å². The van der Waals surface area contributed by atoms with E-state index in [1.165, 1.54) is 12.1 Å². The van der Waals surface area contributed by atoms with Gasteiger partial charge in [0.05, 0.1) is 9.95 Å². The quantitative estimate of drug-likeness (QED) is 0.657. The summed E-state index contributed by atoms with van der Waals surface area (Å²) in [5, 5.41) is 13.3. The number of hydrogen-bond acceptors (Lipinski definition) is 6. The van der Waals surface area contributed by atoms with Crippen molar-refractivity contribution in [3.8, 4) is 17.2 Å². The summed E-state index contributed by atoms with van der Waals surface area (Å²) in [6.45, 7) is -0.152. The van der Waals surface area contributed by atoms with Crippen LogP contribution < -0.4 is 19.5 Å². The Balaban J connectivity index is 1.59. The first kappa shape index (κ1) is 15.9. The molecule has 1 aliphatic rings. The molecule has 0 bridgehead atoms. The molecular weight excluding hydrogens is 340 g/mol. The number of hydrogen-bond donors (Lipinski definition) is 1.